The van der Waals surface area contributed by atoms with Crippen molar-refractivity contribution in [3.63, 3.8) is 0 Å². The van der Waals surface area contributed by atoms with Gasteiger partial charge in [0.05, 0.1) is 0 Å². The molecule has 0 N–H and O–H groups in total. The topological polar surface area (TPSA) is 33.0 Å². The summed E-state index contributed by atoms with van der Waals surface area (Å²) >= 11 is 6.77. The van der Waals surface area contributed by atoms with Crippen molar-refractivity contribution in [1.29, 1.82) is 5.26 Å². The van der Waals surface area contributed by atoms with Gasteiger partial charge in [-0.05, 0) is 23.8 Å². The van der Waals surface area contributed by atoms with Crippen LogP contribution in [0.15, 0.2) is 22.7 Å². The molecule has 0 aliphatic carbocycles. The molecule has 0 fully saturated rings. The molecular formula is C9H7Br2NO. The molecule has 68 valence electrons. The Morgan fingerprint density at radius 2 is 2.23 bits per heavy atom. The summed E-state index contributed by atoms with van der Waals surface area (Å²) in [5.74, 6) is 0.721. The fourth-order valence-corrected chi connectivity index (χ4v) is 2.09. The summed E-state index contributed by atoms with van der Waals surface area (Å²) in [7, 11) is 0. The number of nitriles is 1. The second kappa shape index (κ2) is 5.25. The molecule has 0 unspecified atom stereocenters. The van der Waals surface area contributed by atoms with E-state index in [1.165, 1.54) is 0 Å². The van der Waals surface area contributed by atoms with E-state index in [9.17, 15) is 0 Å². The molecule has 1 aromatic carbocycles. The first-order valence-electron chi connectivity index (χ1n) is 3.62. The van der Waals surface area contributed by atoms with Crippen LogP contribution < -0.4 is 4.74 Å². The molecule has 0 saturated heterocycles. The van der Waals surface area contributed by atoms with Crippen LogP contribution in [0.5, 0.6) is 5.75 Å². The van der Waals surface area contributed by atoms with E-state index in [1.807, 2.05) is 24.3 Å². The highest BCUT2D eigenvalue weighted by Crippen LogP contribution is 2.24. The van der Waals surface area contributed by atoms with Crippen LogP contribution >= 0.6 is 31.9 Å². The molecule has 1 aromatic rings. The lowest BCUT2D eigenvalue weighted by Crippen LogP contribution is -1.94. The number of rotatable bonds is 3. The molecule has 2 nitrogen and oxygen atoms in total. The summed E-state index contributed by atoms with van der Waals surface area (Å²) in [6.45, 7) is 0.0867. The van der Waals surface area contributed by atoms with Crippen LogP contribution in [0.1, 0.15) is 5.56 Å². The molecule has 0 aliphatic heterocycles. The zero-order valence-corrected chi connectivity index (χ0v) is 9.93. The third-order valence-electron chi connectivity index (χ3n) is 1.46. The quantitative estimate of drug-likeness (QED) is 0.803. The normalized spacial score (nSPS) is 9.31. The SMILES string of the molecule is N#CCOc1ccc(Br)c(CBr)c1. The predicted octanol–water partition coefficient (Wildman–Crippen LogP) is 3.25. The van der Waals surface area contributed by atoms with Gasteiger partial charge in [-0.2, -0.15) is 5.26 Å². The number of hydrogen-bond donors (Lipinski definition) is 0. The van der Waals surface area contributed by atoms with Crippen LogP contribution in [-0.2, 0) is 5.33 Å². The average Bonchev–Trinajstić information content (AvgIpc) is 2.16. The van der Waals surface area contributed by atoms with Gasteiger partial charge in [-0.1, -0.05) is 31.9 Å². The van der Waals surface area contributed by atoms with Gasteiger partial charge in [0.1, 0.15) is 11.8 Å². The Hall–Kier alpha value is -0.530. The summed E-state index contributed by atoms with van der Waals surface area (Å²) in [5.41, 5.74) is 1.11. The molecule has 13 heavy (non-hydrogen) atoms. The van der Waals surface area contributed by atoms with Crippen molar-refractivity contribution >= 4 is 31.9 Å². The summed E-state index contributed by atoms with van der Waals surface area (Å²) < 4.78 is 6.19. The lowest BCUT2D eigenvalue weighted by molar-refractivity contribution is 0.368. The van der Waals surface area contributed by atoms with E-state index < -0.39 is 0 Å². The van der Waals surface area contributed by atoms with E-state index >= 15 is 0 Å². The van der Waals surface area contributed by atoms with Gasteiger partial charge in [0.25, 0.3) is 0 Å². The van der Waals surface area contributed by atoms with Crippen molar-refractivity contribution in [1.82, 2.24) is 0 Å². The average molecular weight is 305 g/mol. The minimum atomic E-state index is 0.0867. The van der Waals surface area contributed by atoms with Crippen LogP contribution in [0.2, 0.25) is 0 Å². The van der Waals surface area contributed by atoms with Crippen molar-refractivity contribution < 1.29 is 4.74 Å². The highest BCUT2D eigenvalue weighted by atomic mass is 79.9. The largest absolute Gasteiger partial charge is 0.479 e. The first kappa shape index (κ1) is 10.6. The van der Waals surface area contributed by atoms with Crippen LogP contribution in [0.4, 0.5) is 0 Å². The van der Waals surface area contributed by atoms with Gasteiger partial charge in [-0.25, -0.2) is 0 Å². The number of alkyl halides is 1. The Kier molecular flexibility index (Phi) is 4.26. The van der Waals surface area contributed by atoms with E-state index in [2.05, 4.69) is 31.9 Å². The Bertz CT molecular complexity index is 333. The zero-order chi connectivity index (χ0) is 9.68. The fourth-order valence-electron chi connectivity index (χ4n) is 0.859. The molecular weight excluding hydrogens is 298 g/mol. The molecule has 1 rings (SSSR count). The van der Waals surface area contributed by atoms with Crippen LogP contribution in [-0.4, -0.2) is 6.61 Å². The van der Waals surface area contributed by atoms with Crippen molar-refractivity contribution in [2.75, 3.05) is 6.61 Å². The highest BCUT2D eigenvalue weighted by molar-refractivity contribution is 9.10. The maximum atomic E-state index is 8.32. The van der Waals surface area contributed by atoms with Gasteiger partial charge >= 0.3 is 0 Å². The van der Waals surface area contributed by atoms with E-state index in [-0.39, 0.29) is 6.61 Å². The molecule has 0 radical (unpaired) electrons. The molecule has 0 amide bonds. The third kappa shape index (κ3) is 3.02. The van der Waals surface area contributed by atoms with Crippen molar-refractivity contribution in [2.24, 2.45) is 0 Å². The molecule has 0 bridgehead atoms. The maximum Gasteiger partial charge on any atom is 0.174 e. The lowest BCUT2D eigenvalue weighted by atomic mass is 10.2. The van der Waals surface area contributed by atoms with Gasteiger partial charge in [0.2, 0.25) is 0 Å². The van der Waals surface area contributed by atoms with Crippen molar-refractivity contribution in [3.8, 4) is 11.8 Å². The molecule has 0 spiro atoms. The monoisotopic (exact) mass is 303 g/mol. The van der Waals surface area contributed by atoms with E-state index in [1.54, 1.807) is 0 Å². The standard InChI is InChI=1S/C9H7Br2NO/c10-6-7-5-8(13-4-3-12)1-2-9(7)11/h1-2,5H,4,6H2. The Labute approximate surface area is 93.8 Å². The lowest BCUT2D eigenvalue weighted by Gasteiger charge is -2.04. The van der Waals surface area contributed by atoms with Gasteiger partial charge in [0.15, 0.2) is 6.61 Å². The summed E-state index contributed by atoms with van der Waals surface area (Å²) in [5, 5.41) is 9.08. The maximum absolute atomic E-state index is 8.32. The molecule has 0 atom stereocenters. The predicted molar refractivity (Wildman–Crippen MR) is 57.9 cm³/mol. The molecule has 0 heterocycles. The molecule has 0 aliphatic rings. The first-order chi connectivity index (χ1) is 6.27. The second-order valence-electron chi connectivity index (χ2n) is 2.33. The number of hydrogen-bond acceptors (Lipinski definition) is 2. The van der Waals surface area contributed by atoms with Crippen LogP contribution in [0.25, 0.3) is 0 Å². The van der Waals surface area contributed by atoms with E-state index in [4.69, 9.17) is 10.00 Å². The summed E-state index contributed by atoms with van der Waals surface area (Å²) in [6.07, 6.45) is 0. The number of nitrogens with zero attached hydrogens (tertiary/aromatic N) is 1. The Morgan fingerprint density at radius 3 is 2.85 bits per heavy atom. The van der Waals surface area contributed by atoms with Gasteiger partial charge < -0.3 is 4.74 Å². The number of benzene rings is 1. The van der Waals surface area contributed by atoms with E-state index in [0.717, 1.165) is 21.1 Å². The van der Waals surface area contributed by atoms with Crippen LogP contribution in [0.3, 0.4) is 0 Å². The number of halogens is 2. The molecule has 4 heteroatoms. The minimum absolute atomic E-state index is 0.0867. The highest BCUT2D eigenvalue weighted by Gasteiger charge is 2.00. The van der Waals surface area contributed by atoms with Gasteiger partial charge in [0, 0.05) is 9.80 Å². The van der Waals surface area contributed by atoms with E-state index in [0.29, 0.717) is 0 Å². The first-order valence-corrected chi connectivity index (χ1v) is 5.53. The van der Waals surface area contributed by atoms with Gasteiger partial charge in [-0.3, -0.25) is 0 Å². The minimum Gasteiger partial charge on any atom is -0.479 e. The summed E-state index contributed by atoms with van der Waals surface area (Å²) in [6, 6.07) is 7.55. The Morgan fingerprint density at radius 1 is 1.46 bits per heavy atom. The fraction of sp³-hybridized carbons (Fsp3) is 0.222. The number of ether oxygens (including phenoxy) is 1. The van der Waals surface area contributed by atoms with Gasteiger partial charge in [-0.15, -0.1) is 0 Å². The third-order valence-corrected chi connectivity index (χ3v) is 2.84. The second-order valence-corrected chi connectivity index (χ2v) is 3.75. The zero-order valence-electron chi connectivity index (χ0n) is 6.76. The molecule has 0 saturated carbocycles. The molecule has 0 aromatic heterocycles. The van der Waals surface area contributed by atoms with Crippen molar-refractivity contribution in [3.05, 3.63) is 28.2 Å². The van der Waals surface area contributed by atoms with Crippen molar-refractivity contribution in [2.45, 2.75) is 5.33 Å². The smallest absolute Gasteiger partial charge is 0.174 e. The summed E-state index contributed by atoms with van der Waals surface area (Å²) in [4.78, 5) is 0. The Balaban J connectivity index is 2.81. The van der Waals surface area contributed by atoms with Crippen LogP contribution in [0, 0.1) is 11.3 Å².